The third kappa shape index (κ3) is 0.689. The third-order valence-electron chi connectivity index (χ3n) is 1.73. The molecule has 0 fully saturated rings. The molecule has 1 heterocycles. The second-order valence-electron chi connectivity index (χ2n) is 2.35. The average molecular weight is 119 g/mol. The van der Waals surface area contributed by atoms with Crippen molar-refractivity contribution in [2.24, 2.45) is 5.92 Å². The van der Waals surface area contributed by atoms with E-state index in [1.807, 2.05) is 6.20 Å². The Bertz CT molecular complexity index is 199. The lowest BCUT2D eigenvalue weighted by Gasteiger charge is -2.09. The highest BCUT2D eigenvalue weighted by molar-refractivity contribution is 5.29. The molecule has 2 rings (SSSR count). The van der Waals surface area contributed by atoms with Gasteiger partial charge in [-0.3, -0.25) is 0 Å². The summed E-state index contributed by atoms with van der Waals surface area (Å²) >= 11 is 0. The zero-order valence-electron chi connectivity index (χ0n) is 5.17. The molecule has 46 valence electrons. The van der Waals surface area contributed by atoms with Gasteiger partial charge in [0.15, 0.2) is 0 Å². The van der Waals surface area contributed by atoms with Crippen LogP contribution in [0.4, 0.5) is 0 Å². The van der Waals surface area contributed by atoms with Crippen molar-refractivity contribution in [3.05, 3.63) is 36.2 Å². The fourth-order valence-electron chi connectivity index (χ4n) is 1.23. The Morgan fingerprint density at radius 2 is 2.44 bits per heavy atom. The summed E-state index contributed by atoms with van der Waals surface area (Å²) in [5.41, 5.74) is 1.34. The van der Waals surface area contributed by atoms with Gasteiger partial charge in [0.2, 0.25) is 0 Å². The predicted octanol–water partition coefficient (Wildman–Crippen LogP) is 1.56. The fourth-order valence-corrected chi connectivity index (χ4v) is 1.23. The number of fused-ring (bicyclic) bond motifs is 1. The Hall–Kier alpha value is -0.980. The van der Waals surface area contributed by atoms with Crippen molar-refractivity contribution in [1.29, 1.82) is 0 Å². The highest BCUT2D eigenvalue weighted by atomic mass is 14.9. The zero-order chi connectivity index (χ0) is 6.10. The molecule has 1 nitrogen and oxygen atoms in total. The molecule has 0 aromatic carbocycles. The van der Waals surface area contributed by atoms with Gasteiger partial charge in [0.1, 0.15) is 0 Å². The van der Waals surface area contributed by atoms with E-state index in [1.54, 1.807) is 0 Å². The first-order chi connectivity index (χ1) is 4.47. The van der Waals surface area contributed by atoms with E-state index in [9.17, 15) is 0 Å². The number of nitrogens with one attached hydrogen (secondary N) is 1. The Kier molecular flexibility index (Phi) is 0.950. The number of allylic oxidation sites excluding steroid dienone is 3. The van der Waals surface area contributed by atoms with Crippen LogP contribution in [-0.4, -0.2) is 0 Å². The highest BCUT2D eigenvalue weighted by Crippen LogP contribution is 2.21. The van der Waals surface area contributed by atoms with E-state index in [1.165, 1.54) is 5.70 Å². The zero-order valence-corrected chi connectivity index (χ0v) is 5.17. The van der Waals surface area contributed by atoms with Crippen LogP contribution in [0, 0.1) is 5.92 Å². The minimum absolute atomic E-state index is 0.554. The van der Waals surface area contributed by atoms with Gasteiger partial charge < -0.3 is 5.32 Å². The smallest absolute Gasteiger partial charge is 0.0364 e. The van der Waals surface area contributed by atoms with Crippen LogP contribution in [0.3, 0.4) is 0 Å². The topological polar surface area (TPSA) is 12.0 Å². The van der Waals surface area contributed by atoms with Gasteiger partial charge in [-0.05, 0) is 12.6 Å². The predicted molar refractivity (Wildman–Crippen MR) is 37.6 cm³/mol. The van der Waals surface area contributed by atoms with Gasteiger partial charge in [-0.1, -0.05) is 24.3 Å². The van der Waals surface area contributed by atoms with Gasteiger partial charge in [-0.25, -0.2) is 0 Å². The van der Waals surface area contributed by atoms with Crippen molar-refractivity contribution in [3.8, 4) is 0 Å². The molecule has 0 saturated carbocycles. The van der Waals surface area contributed by atoms with E-state index < -0.39 is 0 Å². The Labute approximate surface area is 54.8 Å². The first-order valence-electron chi connectivity index (χ1n) is 3.27. The van der Waals surface area contributed by atoms with Crippen LogP contribution in [0.5, 0.6) is 0 Å². The van der Waals surface area contributed by atoms with Crippen molar-refractivity contribution in [2.75, 3.05) is 0 Å². The van der Waals surface area contributed by atoms with Gasteiger partial charge >= 0.3 is 0 Å². The van der Waals surface area contributed by atoms with Gasteiger partial charge in [0.05, 0.1) is 0 Å². The standard InChI is InChI=1S/C8H9N/c1-2-4-8-7(3-1)5-6-9-8/h1,3-7,9H,2H2. The van der Waals surface area contributed by atoms with Crippen LogP contribution >= 0.6 is 0 Å². The molecule has 1 unspecified atom stereocenters. The minimum atomic E-state index is 0.554. The maximum atomic E-state index is 3.19. The molecule has 1 aliphatic carbocycles. The molecular weight excluding hydrogens is 110 g/mol. The number of rotatable bonds is 0. The summed E-state index contributed by atoms with van der Waals surface area (Å²) in [5, 5.41) is 3.19. The van der Waals surface area contributed by atoms with Crippen molar-refractivity contribution in [2.45, 2.75) is 6.42 Å². The first kappa shape index (κ1) is 4.86. The minimum Gasteiger partial charge on any atom is -0.365 e. The van der Waals surface area contributed by atoms with Gasteiger partial charge in [-0.15, -0.1) is 0 Å². The highest BCUT2D eigenvalue weighted by Gasteiger charge is 2.12. The summed E-state index contributed by atoms with van der Waals surface area (Å²) in [4.78, 5) is 0. The third-order valence-corrected chi connectivity index (χ3v) is 1.73. The lowest BCUT2D eigenvalue weighted by atomic mass is 10.0. The molecule has 1 N–H and O–H groups in total. The molecule has 0 saturated heterocycles. The van der Waals surface area contributed by atoms with Gasteiger partial charge in [-0.2, -0.15) is 0 Å². The Morgan fingerprint density at radius 1 is 1.44 bits per heavy atom. The lowest BCUT2D eigenvalue weighted by Crippen LogP contribution is -2.06. The monoisotopic (exact) mass is 119 g/mol. The van der Waals surface area contributed by atoms with Gasteiger partial charge in [0, 0.05) is 11.6 Å². The molecule has 0 amide bonds. The van der Waals surface area contributed by atoms with Crippen molar-refractivity contribution >= 4 is 0 Å². The molecule has 0 aromatic rings. The molecule has 9 heavy (non-hydrogen) atoms. The maximum absolute atomic E-state index is 3.19. The van der Waals surface area contributed by atoms with Crippen molar-refractivity contribution in [3.63, 3.8) is 0 Å². The molecule has 1 heteroatoms. The van der Waals surface area contributed by atoms with E-state index in [-0.39, 0.29) is 0 Å². The number of hydrogen-bond donors (Lipinski definition) is 1. The SMILES string of the molecule is C1=CC2C=CNC2=CC1. The van der Waals surface area contributed by atoms with Crippen molar-refractivity contribution < 1.29 is 0 Å². The summed E-state index contributed by atoms with van der Waals surface area (Å²) in [6.45, 7) is 0. The van der Waals surface area contributed by atoms with Crippen LogP contribution in [-0.2, 0) is 0 Å². The molecule has 0 spiro atoms. The Balaban J connectivity index is 2.29. The largest absolute Gasteiger partial charge is 0.365 e. The summed E-state index contributed by atoms with van der Waals surface area (Å²) in [6.07, 6.45) is 11.9. The number of hydrogen-bond acceptors (Lipinski definition) is 1. The van der Waals surface area contributed by atoms with E-state index in [0.717, 1.165) is 6.42 Å². The van der Waals surface area contributed by atoms with Crippen LogP contribution in [0.25, 0.3) is 0 Å². The average Bonchev–Trinajstić information content (AvgIpc) is 2.33. The maximum Gasteiger partial charge on any atom is 0.0364 e. The van der Waals surface area contributed by atoms with E-state index in [4.69, 9.17) is 0 Å². The molecule has 2 aliphatic rings. The lowest BCUT2D eigenvalue weighted by molar-refractivity contribution is 0.891. The normalized spacial score (nSPS) is 29.3. The summed E-state index contributed by atoms with van der Waals surface area (Å²) in [6, 6.07) is 0. The van der Waals surface area contributed by atoms with Crippen LogP contribution < -0.4 is 5.32 Å². The molecule has 0 bridgehead atoms. The molecule has 0 radical (unpaired) electrons. The molecule has 0 aromatic heterocycles. The van der Waals surface area contributed by atoms with E-state index >= 15 is 0 Å². The quantitative estimate of drug-likeness (QED) is 0.477. The summed E-state index contributed by atoms with van der Waals surface area (Å²) in [7, 11) is 0. The van der Waals surface area contributed by atoms with Crippen LogP contribution in [0.2, 0.25) is 0 Å². The van der Waals surface area contributed by atoms with Crippen LogP contribution in [0.15, 0.2) is 36.2 Å². The van der Waals surface area contributed by atoms with Crippen molar-refractivity contribution in [1.82, 2.24) is 5.32 Å². The second kappa shape index (κ2) is 1.76. The summed E-state index contributed by atoms with van der Waals surface area (Å²) in [5.74, 6) is 0.554. The van der Waals surface area contributed by atoms with Gasteiger partial charge in [0.25, 0.3) is 0 Å². The fraction of sp³-hybridized carbons (Fsp3) is 0.250. The molecule has 1 aliphatic heterocycles. The summed E-state index contributed by atoms with van der Waals surface area (Å²) < 4.78 is 0. The first-order valence-corrected chi connectivity index (χ1v) is 3.27. The van der Waals surface area contributed by atoms with Crippen LogP contribution in [0.1, 0.15) is 6.42 Å². The Morgan fingerprint density at radius 3 is 3.33 bits per heavy atom. The second-order valence-corrected chi connectivity index (χ2v) is 2.35. The van der Waals surface area contributed by atoms with E-state index in [0.29, 0.717) is 5.92 Å². The van der Waals surface area contributed by atoms with E-state index in [2.05, 4.69) is 29.6 Å². The molecule has 1 atom stereocenters. The molecular formula is C8H9N.